The van der Waals surface area contributed by atoms with E-state index in [0.29, 0.717) is 17.2 Å². The van der Waals surface area contributed by atoms with E-state index in [4.69, 9.17) is 16.3 Å². The molecule has 0 amide bonds. The maximum absolute atomic E-state index is 13.8. The summed E-state index contributed by atoms with van der Waals surface area (Å²) in [5, 5.41) is 10.7. The number of hydrogen-bond donors (Lipinski definition) is 1. The third-order valence-corrected chi connectivity index (χ3v) is 3.53. The Morgan fingerprint density at radius 2 is 1.95 bits per heavy atom. The SMILES string of the molecule is COCc1ccccc1C(O)Cc1c(F)cccc1Cl. The molecule has 0 saturated carbocycles. The molecule has 0 bridgehead atoms. The summed E-state index contributed by atoms with van der Waals surface area (Å²) >= 11 is 5.99. The van der Waals surface area contributed by atoms with E-state index in [1.165, 1.54) is 6.07 Å². The smallest absolute Gasteiger partial charge is 0.127 e. The van der Waals surface area contributed by atoms with Gasteiger partial charge < -0.3 is 9.84 Å². The van der Waals surface area contributed by atoms with E-state index < -0.39 is 11.9 Å². The Balaban J connectivity index is 2.26. The van der Waals surface area contributed by atoms with Gasteiger partial charge >= 0.3 is 0 Å². The number of hydrogen-bond acceptors (Lipinski definition) is 2. The van der Waals surface area contributed by atoms with Gasteiger partial charge in [-0.1, -0.05) is 41.9 Å². The lowest BCUT2D eigenvalue weighted by Crippen LogP contribution is -2.07. The maximum atomic E-state index is 13.8. The Kier molecular flexibility index (Phi) is 5.12. The Morgan fingerprint density at radius 3 is 2.65 bits per heavy atom. The molecule has 2 rings (SSSR count). The predicted octanol–water partition coefficient (Wildman–Crippen LogP) is 3.90. The zero-order chi connectivity index (χ0) is 14.5. The van der Waals surface area contributed by atoms with Crippen LogP contribution in [0.3, 0.4) is 0 Å². The second-order valence-electron chi connectivity index (χ2n) is 4.55. The van der Waals surface area contributed by atoms with Crippen LogP contribution in [0.5, 0.6) is 0 Å². The van der Waals surface area contributed by atoms with Crippen molar-refractivity contribution in [2.75, 3.05) is 7.11 Å². The molecule has 0 aliphatic rings. The largest absolute Gasteiger partial charge is 0.388 e. The summed E-state index contributed by atoms with van der Waals surface area (Å²) in [6.45, 7) is 0.401. The molecule has 2 aromatic carbocycles. The Morgan fingerprint density at radius 1 is 1.20 bits per heavy atom. The zero-order valence-electron chi connectivity index (χ0n) is 11.1. The quantitative estimate of drug-likeness (QED) is 0.906. The first-order valence-corrected chi connectivity index (χ1v) is 6.69. The summed E-state index contributed by atoms with van der Waals surface area (Å²) in [5.74, 6) is -0.402. The van der Waals surface area contributed by atoms with Gasteiger partial charge in [-0.15, -0.1) is 0 Å². The average Bonchev–Trinajstić information content (AvgIpc) is 2.44. The molecule has 0 heterocycles. The van der Waals surface area contributed by atoms with Crippen molar-refractivity contribution < 1.29 is 14.2 Å². The van der Waals surface area contributed by atoms with Crippen molar-refractivity contribution in [2.24, 2.45) is 0 Å². The highest BCUT2D eigenvalue weighted by Gasteiger charge is 2.16. The molecular weight excluding hydrogens is 279 g/mol. The van der Waals surface area contributed by atoms with Crippen LogP contribution in [0.4, 0.5) is 4.39 Å². The van der Waals surface area contributed by atoms with Gasteiger partial charge in [-0.3, -0.25) is 0 Å². The van der Waals surface area contributed by atoms with Crippen LogP contribution in [0.25, 0.3) is 0 Å². The van der Waals surface area contributed by atoms with Crippen molar-refractivity contribution in [3.8, 4) is 0 Å². The fraction of sp³-hybridized carbons (Fsp3) is 0.250. The van der Waals surface area contributed by atoms with E-state index in [1.54, 1.807) is 19.2 Å². The van der Waals surface area contributed by atoms with Crippen LogP contribution in [0.15, 0.2) is 42.5 Å². The Bertz CT molecular complexity index is 566. The third kappa shape index (κ3) is 3.37. The van der Waals surface area contributed by atoms with E-state index >= 15 is 0 Å². The summed E-state index contributed by atoms with van der Waals surface area (Å²) in [5.41, 5.74) is 1.94. The van der Waals surface area contributed by atoms with Crippen LogP contribution >= 0.6 is 11.6 Å². The molecule has 0 spiro atoms. The van der Waals surface area contributed by atoms with Crippen LogP contribution < -0.4 is 0 Å². The molecule has 0 aliphatic heterocycles. The van der Waals surface area contributed by atoms with Crippen molar-refractivity contribution in [1.29, 1.82) is 0 Å². The van der Waals surface area contributed by atoms with Crippen LogP contribution in [-0.2, 0) is 17.8 Å². The molecule has 2 aromatic rings. The summed E-state index contributed by atoms with van der Waals surface area (Å²) in [6.07, 6.45) is -0.692. The molecular formula is C16H16ClFO2. The monoisotopic (exact) mass is 294 g/mol. The lowest BCUT2D eigenvalue weighted by atomic mass is 9.97. The minimum atomic E-state index is -0.823. The zero-order valence-corrected chi connectivity index (χ0v) is 11.9. The van der Waals surface area contributed by atoms with Crippen LogP contribution in [0.1, 0.15) is 22.8 Å². The van der Waals surface area contributed by atoms with Gasteiger partial charge in [0, 0.05) is 24.1 Å². The normalized spacial score (nSPS) is 12.4. The van der Waals surface area contributed by atoms with Gasteiger partial charge in [-0.2, -0.15) is 0 Å². The first-order valence-electron chi connectivity index (χ1n) is 6.31. The summed E-state index contributed by atoms with van der Waals surface area (Å²) in [6, 6.07) is 11.9. The van der Waals surface area contributed by atoms with Crippen molar-refractivity contribution in [1.82, 2.24) is 0 Å². The molecule has 0 radical (unpaired) electrons. The summed E-state index contributed by atoms with van der Waals surface area (Å²) in [4.78, 5) is 0. The van der Waals surface area contributed by atoms with Crippen LogP contribution in [-0.4, -0.2) is 12.2 Å². The number of aliphatic hydroxyl groups is 1. The second kappa shape index (κ2) is 6.84. The topological polar surface area (TPSA) is 29.5 Å². The molecule has 106 valence electrons. The van der Waals surface area contributed by atoms with Crippen molar-refractivity contribution >= 4 is 11.6 Å². The van der Waals surface area contributed by atoms with Crippen molar-refractivity contribution in [2.45, 2.75) is 19.1 Å². The molecule has 4 heteroatoms. The van der Waals surface area contributed by atoms with Gasteiger partial charge in [0.1, 0.15) is 5.82 Å². The van der Waals surface area contributed by atoms with Gasteiger partial charge in [0.2, 0.25) is 0 Å². The minimum absolute atomic E-state index is 0.131. The average molecular weight is 295 g/mol. The molecule has 2 nitrogen and oxygen atoms in total. The number of ether oxygens (including phenoxy) is 1. The highest BCUT2D eigenvalue weighted by molar-refractivity contribution is 6.31. The summed E-state index contributed by atoms with van der Waals surface area (Å²) < 4.78 is 18.9. The molecule has 0 saturated heterocycles. The number of rotatable bonds is 5. The van der Waals surface area contributed by atoms with E-state index in [0.717, 1.165) is 11.1 Å². The van der Waals surface area contributed by atoms with E-state index in [1.807, 2.05) is 24.3 Å². The highest BCUT2D eigenvalue weighted by atomic mass is 35.5. The molecule has 1 unspecified atom stereocenters. The molecule has 0 fully saturated rings. The van der Waals surface area contributed by atoms with Crippen molar-refractivity contribution in [3.63, 3.8) is 0 Å². The van der Waals surface area contributed by atoms with E-state index in [2.05, 4.69) is 0 Å². The van der Waals surface area contributed by atoms with Gasteiger partial charge in [0.25, 0.3) is 0 Å². The second-order valence-corrected chi connectivity index (χ2v) is 4.96. The first-order chi connectivity index (χ1) is 9.63. The number of benzene rings is 2. The van der Waals surface area contributed by atoms with Gasteiger partial charge in [-0.05, 0) is 23.3 Å². The Labute approximate surface area is 122 Å². The molecule has 0 aliphatic carbocycles. The minimum Gasteiger partial charge on any atom is -0.388 e. The first kappa shape index (κ1) is 15.0. The number of halogens is 2. The summed E-state index contributed by atoms with van der Waals surface area (Å²) in [7, 11) is 1.59. The predicted molar refractivity (Wildman–Crippen MR) is 77.2 cm³/mol. The van der Waals surface area contributed by atoms with E-state index in [-0.39, 0.29) is 6.42 Å². The van der Waals surface area contributed by atoms with Gasteiger partial charge in [0.05, 0.1) is 12.7 Å². The van der Waals surface area contributed by atoms with Gasteiger partial charge in [0.15, 0.2) is 0 Å². The third-order valence-electron chi connectivity index (χ3n) is 3.17. The fourth-order valence-corrected chi connectivity index (χ4v) is 2.42. The van der Waals surface area contributed by atoms with Gasteiger partial charge in [-0.25, -0.2) is 4.39 Å². The molecule has 1 N–H and O–H groups in total. The maximum Gasteiger partial charge on any atom is 0.127 e. The van der Waals surface area contributed by atoms with Crippen LogP contribution in [0.2, 0.25) is 5.02 Å². The lowest BCUT2D eigenvalue weighted by molar-refractivity contribution is 0.161. The number of aliphatic hydroxyl groups excluding tert-OH is 1. The molecule has 20 heavy (non-hydrogen) atoms. The Hall–Kier alpha value is -1.42. The lowest BCUT2D eigenvalue weighted by Gasteiger charge is -2.16. The number of methoxy groups -OCH3 is 1. The standard InChI is InChI=1S/C16H16ClFO2/c1-20-10-11-5-2-3-6-12(11)16(19)9-13-14(17)7-4-8-15(13)18/h2-8,16,19H,9-10H2,1H3. The van der Waals surface area contributed by atoms with Crippen molar-refractivity contribution in [3.05, 3.63) is 70.0 Å². The fourth-order valence-electron chi connectivity index (χ4n) is 2.18. The highest BCUT2D eigenvalue weighted by Crippen LogP contribution is 2.27. The molecule has 0 aromatic heterocycles. The van der Waals surface area contributed by atoms with Crippen LogP contribution in [0, 0.1) is 5.82 Å². The van der Waals surface area contributed by atoms with E-state index in [9.17, 15) is 9.50 Å². The molecule has 1 atom stereocenters.